The molecule has 1 amide bonds. The second-order valence-corrected chi connectivity index (χ2v) is 5.51. The summed E-state index contributed by atoms with van der Waals surface area (Å²) in [5.41, 5.74) is -0.267. The monoisotopic (exact) mass is 334 g/mol. The Morgan fingerprint density at radius 2 is 2.21 bits per heavy atom. The van der Waals surface area contributed by atoms with Crippen LogP contribution in [-0.2, 0) is 16.1 Å². The molecule has 0 aromatic carbocycles. The van der Waals surface area contributed by atoms with Crippen molar-refractivity contribution in [2.75, 3.05) is 26.2 Å². The van der Waals surface area contributed by atoms with Gasteiger partial charge in [-0.1, -0.05) is 0 Å². The van der Waals surface area contributed by atoms with Crippen LogP contribution in [0.25, 0.3) is 11.1 Å². The van der Waals surface area contributed by atoms with Crippen molar-refractivity contribution in [3.8, 4) is 0 Å². The van der Waals surface area contributed by atoms with E-state index in [-0.39, 0.29) is 41.5 Å². The number of furan rings is 1. The van der Waals surface area contributed by atoms with Crippen LogP contribution in [0.5, 0.6) is 0 Å². The normalized spacial score (nSPS) is 15.5. The average Bonchev–Trinajstić information content (AvgIpc) is 2.84. The van der Waals surface area contributed by atoms with Gasteiger partial charge in [-0.3, -0.25) is 14.5 Å². The highest BCUT2D eigenvalue weighted by Gasteiger charge is 2.24. The van der Waals surface area contributed by atoms with Gasteiger partial charge in [-0.2, -0.15) is 4.98 Å². The molecule has 0 atom stereocenters. The average molecular weight is 334 g/mol. The molecule has 1 saturated heterocycles. The van der Waals surface area contributed by atoms with Crippen molar-refractivity contribution >= 4 is 23.0 Å². The molecule has 2 N–H and O–H groups in total. The molecule has 0 saturated carbocycles. The van der Waals surface area contributed by atoms with Crippen molar-refractivity contribution in [2.45, 2.75) is 20.4 Å². The van der Waals surface area contributed by atoms with Crippen molar-refractivity contribution in [3.05, 3.63) is 27.5 Å². The third kappa shape index (κ3) is 3.02. The van der Waals surface area contributed by atoms with Crippen LogP contribution in [-0.4, -0.2) is 53.0 Å². The lowest BCUT2D eigenvalue weighted by Crippen LogP contribution is -2.47. The van der Waals surface area contributed by atoms with Gasteiger partial charge in [0, 0.05) is 13.1 Å². The number of carbonyl (C=O) groups is 2. The molecule has 2 aromatic rings. The van der Waals surface area contributed by atoms with Crippen LogP contribution in [0, 0.1) is 6.92 Å². The zero-order valence-corrected chi connectivity index (χ0v) is 13.5. The lowest BCUT2D eigenvalue weighted by Gasteiger charge is -2.25. The predicted molar refractivity (Wildman–Crippen MR) is 83.6 cm³/mol. The van der Waals surface area contributed by atoms with E-state index in [9.17, 15) is 14.4 Å². The molecule has 9 heteroatoms. The standard InChI is InChI=1S/C15H18N4O5/c1-3-23-15(22)11-8(2)24-14-12(11)13(21)17-9(18-14)6-19-5-4-16-10(20)7-19/h3-7H2,1-2H3,(H,16,20)(H,17,18,21). The molecule has 9 nitrogen and oxygen atoms in total. The maximum atomic E-state index is 12.4. The number of nitrogens with one attached hydrogen (secondary N) is 2. The Hall–Kier alpha value is -2.68. The molecule has 0 radical (unpaired) electrons. The minimum Gasteiger partial charge on any atom is -0.462 e. The van der Waals surface area contributed by atoms with Crippen LogP contribution < -0.4 is 10.9 Å². The number of ether oxygens (including phenoxy) is 1. The van der Waals surface area contributed by atoms with Crippen LogP contribution >= 0.6 is 0 Å². The fraction of sp³-hybridized carbons (Fsp3) is 0.467. The quantitative estimate of drug-likeness (QED) is 0.752. The van der Waals surface area contributed by atoms with Crippen molar-refractivity contribution in [1.29, 1.82) is 0 Å². The summed E-state index contributed by atoms with van der Waals surface area (Å²) in [6.45, 7) is 5.25. The molecule has 128 valence electrons. The molecule has 1 fully saturated rings. The molecule has 2 aromatic heterocycles. The van der Waals surface area contributed by atoms with Gasteiger partial charge in [0.25, 0.3) is 5.56 Å². The molecule has 3 rings (SSSR count). The molecule has 1 aliphatic rings. The van der Waals surface area contributed by atoms with Crippen LogP contribution in [0.1, 0.15) is 28.9 Å². The number of H-pyrrole nitrogens is 1. The molecule has 0 spiro atoms. The molecule has 24 heavy (non-hydrogen) atoms. The second kappa shape index (κ2) is 6.44. The maximum Gasteiger partial charge on any atom is 0.342 e. The second-order valence-electron chi connectivity index (χ2n) is 5.51. The summed E-state index contributed by atoms with van der Waals surface area (Å²) in [4.78, 5) is 44.6. The topological polar surface area (TPSA) is 118 Å². The smallest absolute Gasteiger partial charge is 0.342 e. The van der Waals surface area contributed by atoms with Crippen LogP contribution in [0.4, 0.5) is 0 Å². The number of hydrogen-bond donors (Lipinski definition) is 2. The van der Waals surface area contributed by atoms with Gasteiger partial charge in [0.15, 0.2) is 0 Å². The zero-order chi connectivity index (χ0) is 17.3. The Bertz CT molecular complexity index is 853. The Kier molecular flexibility index (Phi) is 4.34. The van der Waals surface area contributed by atoms with E-state index in [1.807, 2.05) is 4.90 Å². The van der Waals surface area contributed by atoms with Crippen molar-refractivity contribution in [3.63, 3.8) is 0 Å². The number of hydrogen-bond acceptors (Lipinski definition) is 7. The lowest BCUT2D eigenvalue weighted by molar-refractivity contribution is -0.124. The first-order valence-electron chi connectivity index (χ1n) is 7.68. The maximum absolute atomic E-state index is 12.4. The summed E-state index contributed by atoms with van der Waals surface area (Å²) in [7, 11) is 0. The number of aromatic amines is 1. The van der Waals surface area contributed by atoms with Gasteiger partial charge in [-0.05, 0) is 13.8 Å². The summed E-state index contributed by atoms with van der Waals surface area (Å²) in [5.74, 6) is -0.00748. The van der Waals surface area contributed by atoms with E-state index < -0.39 is 11.5 Å². The molecule has 1 aliphatic heterocycles. The molecular weight excluding hydrogens is 316 g/mol. The highest BCUT2D eigenvalue weighted by atomic mass is 16.5. The van der Waals surface area contributed by atoms with E-state index >= 15 is 0 Å². The lowest BCUT2D eigenvalue weighted by atomic mass is 10.2. The van der Waals surface area contributed by atoms with Gasteiger partial charge in [-0.25, -0.2) is 4.79 Å². The van der Waals surface area contributed by atoms with Gasteiger partial charge in [0.05, 0.1) is 19.7 Å². The first kappa shape index (κ1) is 16.2. The van der Waals surface area contributed by atoms with E-state index in [1.54, 1.807) is 13.8 Å². The molecular formula is C15H18N4O5. The third-order valence-corrected chi connectivity index (χ3v) is 3.76. The van der Waals surface area contributed by atoms with Crippen LogP contribution in [0.2, 0.25) is 0 Å². The van der Waals surface area contributed by atoms with Crippen molar-refractivity contribution < 1.29 is 18.7 Å². The van der Waals surface area contributed by atoms with Crippen LogP contribution in [0.15, 0.2) is 9.21 Å². The van der Waals surface area contributed by atoms with Gasteiger partial charge in [-0.15, -0.1) is 0 Å². The minimum atomic E-state index is -0.610. The van der Waals surface area contributed by atoms with Crippen molar-refractivity contribution in [2.24, 2.45) is 0 Å². The Labute approximate surface area is 137 Å². The Morgan fingerprint density at radius 3 is 2.92 bits per heavy atom. The zero-order valence-electron chi connectivity index (χ0n) is 13.5. The molecule has 0 bridgehead atoms. The number of fused-ring (bicyclic) bond motifs is 1. The Morgan fingerprint density at radius 1 is 1.42 bits per heavy atom. The van der Waals surface area contributed by atoms with E-state index in [4.69, 9.17) is 9.15 Å². The minimum absolute atomic E-state index is 0.0666. The highest BCUT2D eigenvalue weighted by Crippen LogP contribution is 2.22. The van der Waals surface area contributed by atoms with Gasteiger partial charge >= 0.3 is 5.97 Å². The van der Waals surface area contributed by atoms with E-state index in [0.29, 0.717) is 25.5 Å². The number of aryl methyl sites for hydroxylation is 1. The van der Waals surface area contributed by atoms with Crippen LogP contribution in [0.3, 0.4) is 0 Å². The number of piperazine rings is 1. The van der Waals surface area contributed by atoms with Crippen molar-refractivity contribution in [1.82, 2.24) is 20.2 Å². The first-order chi connectivity index (χ1) is 11.5. The highest BCUT2D eigenvalue weighted by molar-refractivity contribution is 6.03. The fourth-order valence-electron chi connectivity index (χ4n) is 2.73. The summed E-state index contributed by atoms with van der Waals surface area (Å²) in [6, 6.07) is 0. The fourth-order valence-corrected chi connectivity index (χ4v) is 2.73. The van der Waals surface area contributed by atoms with Gasteiger partial charge in [0.1, 0.15) is 22.5 Å². The first-order valence-corrected chi connectivity index (χ1v) is 7.68. The molecule has 0 unspecified atom stereocenters. The number of rotatable bonds is 4. The summed E-state index contributed by atoms with van der Waals surface area (Å²) >= 11 is 0. The van der Waals surface area contributed by atoms with E-state index in [0.717, 1.165) is 0 Å². The summed E-state index contributed by atoms with van der Waals surface area (Å²) in [5, 5.41) is 2.82. The van der Waals surface area contributed by atoms with Gasteiger partial charge < -0.3 is 19.5 Å². The summed E-state index contributed by atoms with van der Waals surface area (Å²) < 4.78 is 10.4. The number of amides is 1. The van der Waals surface area contributed by atoms with E-state index in [1.165, 1.54) is 0 Å². The number of nitrogens with zero attached hydrogens (tertiary/aromatic N) is 2. The van der Waals surface area contributed by atoms with Gasteiger partial charge in [0.2, 0.25) is 11.6 Å². The largest absolute Gasteiger partial charge is 0.462 e. The SMILES string of the molecule is CCOC(=O)c1c(C)oc2nc(CN3CCNC(=O)C3)[nH]c(=O)c12. The van der Waals surface area contributed by atoms with E-state index in [2.05, 4.69) is 15.3 Å². The number of aromatic nitrogens is 2. The molecule has 0 aliphatic carbocycles. The Balaban J connectivity index is 1.95. The predicted octanol–water partition coefficient (Wildman–Crippen LogP) is -0.0670. The summed E-state index contributed by atoms with van der Waals surface area (Å²) in [6.07, 6.45) is 0. The number of esters is 1. The molecule has 3 heterocycles. The third-order valence-electron chi connectivity index (χ3n) is 3.76. The number of carbonyl (C=O) groups excluding carboxylic acids is 2.